The maximum atomic E-state index is 12.2. The minimum Gasteiger partial charge on any atom is -0.350 e. The third-order valence-corrected chi connectivity index (χ3v) is 4.18. The summed E-state index contributed by atoms with van der Waals surface area (Å²) in [4.78, 5) is 14.5. The van der Waals surface area contributed by atoms with Crippen LogP contribution in [0.15, 0.2) is 42.5 Å². The first-order valence-corrected chi connectivity index (χ1v) is 7.21. The number of hydrogen-bond donors (Lipinski definition) is 1. The zero-order valence-electron chi connectivity index (χ0n) is 11.8. The minimum absolute atomic E-state index is 0.0241. The van der Waals surface area contributed by atoms with Crippen LogP contribution in [-0.4, -0.2) is 37.0 Å². The van der Waals surface area contributed by atoms with Crippen molar-refractivity contribution in [2.75, 3.05) is 20.1 Å². The van der Waals surface area contributed by atoms with Crippen LogP contribution in [0.2, 0.25) is 0 Å². The van der Waals surface area contributed by atoms with Crippen LogP contribution in [-0.2, 0) is 0 Å². The Morgan fingerprint density at radius 3 is 2.80 bits per heavy atom. The van der Waals surface area contributed by atoms with Crippen molar-refractivity contribution in [3.63, 3.8) is 0 Å². The molecule has 1 amide bonds. The second-order valence-corrected chi connectivity index (χ2v) is 5.55. The molecule has 1 aliphatic heterocycles. The van der Waals surface area contributed by atoms with E-state index in [4.69, 9.17) is 0 Å². The van der Waals surface area contributed by atoms with Crippen molar-refractivity contribution in [3.8, 4) is 0 Å². The van der Waals surface area contributed by atoms with E-state index in [0.29, 0.717) is 6.04 Å². The summed E-state index contributed by atoms with van der Waals surface area (Å²) in [5.41, 5.74) is 0.740. The molecule has 2 aromatic rings. The van der Waals surface area contributed by atoms with Crippen molar-refractivity contribution in [1.82, 2.24) is 10.2 Å². The Balaban J connectivity index is 1.69. The van der Waals surface area contributed by atoms with Crippen LogP contribution in [0.1, 0.15) is 23.2 Å². The number of nitrogens with one attached hydrogen (secondary N) is 1. The number of carbonyl (C=O) groups is 1. The molecule has 1 atom stereocenters. The van der Waals surface area contributed by atoms with E-state index in [2.05, 4.69) is 23.3 Å². The zero-order chi connectivity index (χ0) is 13.9. The van der Waals surface area contributed by atoms with Gasteiger partial charge in [0.25, 0.3) is 5.91 Å². The number of likely N-dealkylation sites (N-methyl/N-ethyl adjacent to an activating group) is 1. The minimum atomic E-state index is 0.0241. The smallest absolute Gasteiger partial charge is 0.251 e. The van der Waals surface area contributed by atoms with E-state index in [-0.39, 0.29) is 5.91 Å². The summed E-state index contributed by atoms with van der Waals surface area (Å²) in [5, 5.41) is 5.33. The molecular weight excluding hydrogens is 248 g/mol. The molecule has 1 fully saturated rings. The van der Waals surface area contributed by atoms with Crippen molar-refractivity contribution >= 4 is 16.7 Å². The summed E-state index contributed by atoms with van der Waals surface area (Å²) in [7, 11) is 2.12. The monoisotopic (exact) mass is 268 g/mol. The van der Waals surface area contributed by atoms with Crippen LogP contribution < -0.4 is 5.32 Å². The van der Waals surface area contributed by atoms with Gasteiger partial charge in [-0.05, 0) is 49.3 Å². The summed E-state index contributed by atoms with van der Waals surface area (Å²) in [6.45, 7) is 1.87. The van der Waals surface area contributed by atoms with Gasteiger partial charge in [0.2, 0.25) is 0 Å². The van der Waals surface area contributed by atoms with Gasteiger partial charge in [-0.1, -0.05) is 30.3 Å². The van der Waals surface area contributed by atoms with Gasteiger partial charge < -0.3 is 10.2 Å². The van der Waals surface area contributed by atoms with Gasteiger partial charge in [-0.3, -0.25) is 4.79 Å². The lowest BCUT2D eigenvalue weighted by atomic mass is 10.1. The van der Waals surface area contributed by atoms with Crippen LogP contribution in [0, 0.1) is 0 Å². The third-order valence-electron chi connectivity index (χ3n) is 4.18. The molecule has 1 N–H and O–H groups in total. The Bertz CT molecular complexity index is 623. The SMILES string of the molecule is CN1CCC[C@H]1CNC(=O)c1ccc2ccccc2c1. The Kier molecular flexibility index (Phi) is 3.70. The fourth-order valence-electron chi connectivity index (χ4n) is 2.88. The first-order chi connectivity index (χ1) is 9.74. The summed E-state index contributed by atoms with van der Waals surface area (Å²) < 4.78 is 0. The molecule has 104 valence electrons. The molecule has 2 aromatic carbocycles. The molecule has 0 saturated carbocycles. The van der Waals surface area contributed by atoms with Crippen LogP contribution in [0.25, 0.3) is 10.8 Å². The molecule has 1 aliphatic rings. The quantitative estimate of drug-likeness (QED) is 0.928. The molecule has 0 aliphatic carbocycles. The molecule has 3 heteroatoms. The normalized spacial score (nSPS) is 19.4. The molecule has 20 heavy (non-hydrogen) atoms. The number of hydrogen-bond acceptors (Lipinski definition) is 2. The highest BCUT2D eigenvalue weighted by Gasteiger charge is 2.21. The summed E-state index contributed by atoms with van der Waals surface area (Å²) in [6.07, 6.45) is 2.40. The van der Waals surface area contributed by atoms with Gasteiger partial charge in [-0.2, -0.15) is 0 Å². The number of rotatable bonds is 3. The molecular formula is C17H20N2O. The molecule has 1 heterocycles. The Morgan fingerprint density at radius 1 is 1.25 bits per heavy atom. The predicted molar refractivity (Wildman–Crippen MR) is 81.9 cm³/mol. The lowest BCUT2D eigenvalue weighted by molar-refractivity contribution is 0.0944. The van der Waals surface area contributed by atoms with Crippen molar-refractivity contribution in [2.24, 2.45) is 0 Å². The topological polar surface area (TPSA) is 32.3 Å². The van der Waals surface area contributed by atoms with Crippen molar-refractivity contribution in [1.29, 1.82) is 0 Å². The number of benzene rings is 2. The van der Waals surface area contributed by atoms with E-state index in [1.54, 1.807) is 0 Å². The van der Waals surface area contributed by atoms with Gasteiger partial charge in [0, 0.05) is 18.2 Å². The highest BCUT2D eigenvalue weighted by Crippen LogP contribution is 2.16. The zero-order valence-corrected chi connectivity index (χ0v) is 11.8. The first-order valence-electron chi connectivity index (χ1n) is 7.21. The predicted octanol–water partition coefficient (Wildman–Crippen LogP) is 2.66. The Hall–Kier alpha value is -1.87. The number of amides is 1. The lowest BCUT2D eigenvalue weighted by Gasteiger charge is -2.19. The van der Waals surface area contributed by atoms with Crippen LogP contribution in [0.3, 0.4) is 0 Å². The summed E-state index contributed by atoms with van der Waals surface area (Å²) >= 11 is 0. The van der Waals surface area contributed by atoms with Gasteiger partial charge in [-0.25, -0.2) is 0 Å². The van der Waals surface area contributed by atoms with Gasteiger partial charge in [0.05, 0.1) is 0 Å². The van der Waals surface area contributed by atoms with Gasteiger partial charge in [0.1, 0.15) is 0 Å². The summed E-state index contributed by atoms with van der Waals surface area (Å²) in [6, 6.07) is 14.5. The van der Waals surface area contributed by atoms with Crippen molar-refractivity contribution < 1.29 is 4.79 Å². The van der Waals surface area contributed by atoms with Crippen molar-refractivity contribution in [3.05, 3.63) is 48.0 Å². The van der Waals surface area contributed by atoms with Gasteiger partial charge in [-0.15, -0.1) is 0 Å². The van der Waals surface area contributed by atoms with E-state index in [1.807, 2.05) is 36.4 Å². The average Bonchev–Trinajstić information content (AvgIpc) is 2.89. The number of likely N-dealkylation sites (tertiary alicyclic amines) is 1. The van der Waals surface area contributed by atoms with E-state index < -0.39 is 0 Å². The molecule has 0 radical (unpaired) electrons. The van der Waals surface area contributed by atoms with E-state index in [1.165, 1.54) is 18.2 Å². The lowest BCUT2D eigenvalue weighted by Crippen LogP contribution is -2.38. The molecule has 1 saturated heterocycles. The fourth-order valence-corrected chi connectivity index (χ4v) is 2.88. The molecule has 0 unspecified atom stereocenters. The molecule has 3 nitrogen and oxygen atoms in total. The van der Waals surface area contributed by atoms with Gasteiger partial charge in [0.15, 0.2) is 0 Å². The maximum absolute atomic E-state index is 12.2. The Morgan fingerprint density at radius 2 is 2.05 bits per heavy atom. The van der Waals surface area contributed by atoms with E-state index in [0.717, 1.165) is 24.0 Å². The van der Waals surface area contributed by atoms with Gasteiger partial charge >= 0.3 is 0 Å². The maximum Gasteiger partial charge on any atom is 0.251 e. The molecule has 0 bridgehead atoms. The number of carbonyl (C=O) groups excluding carboxylic acids is 1. The largest absolute Gasteiger partial charge is 0.350 e. The Labute approximate surface area is 119 Å². The van der Waals surface area contributed by atoms with E-state index in [9.17, 15) is 4.79 Å². The molecule has 0 spiro atoms. The van der Waals surface area contributed by atoms with Crippen LogP contribution in [0.4, 0.5) is 0 Å². The first kappa shape index (κ1) is 13.1. The van der Waals surface area contributed by atoms with Crippen molar-refractivity contribution in [2.45, 2.75) is 18.9 Å². The second-order valence-electron chi connectivity index (χ2n) is 5.55. The number of fused-ring (bicyclic) bond motifs is 1. The highest BCUT2D eigenvalue weighted by atomic mass is 16.1. The molecule has 0 aromatic heterocycles. The average molecular weight is 268 g/mol. The number of nitrogens with zero attached hydrogens (tertiary/aromatic N) is 1. The highest BCUT2D eigenvalue weighted by molar-refractivity contribution is 5.98. The fraction of sp³-hybridized carbons (Fsp3) is 0.353. The third kappa shape index (κ3) is 2.68. The van der Waals surface area contributed by atoms with Crippen LogP contribution in [0.5, 0.6) is 0 Å². The second kappa shape index (κ2) is 5.63. The standard InChI is InChI=1S/C17H20N2O/c1-19-10-4-7-16(19)12-18-17(20)15-9-8-13-5-2-3-6-14(13)11-15/h2-3,5-6,8-9,11,16H,4,7,10,12H2,1H3,(H,18,20)/t16-/m0/s1. The molecule has 3 rings (SSSR count). The summed E-state index contributed by atoms with van der Waals surface area (Å²) in [5.74, 6) is 0.0241. The van der Waals surface area contributed by atoms with Crippen LogP contribution >= 0.6 is 0 Å². The van der Waals surface area contributed by atoms with E-state index >= 15 is 0 Å².